The van der Waals surface area contributed by atoms with E-state index in [1.165, 1.54) is 18.4 Å². The maximum atomic E-state index is 11.5. The SMILES string of the molecule is CC(C)(Cl)C(O)COc1c2occc2c(O)c2ccc(=O)oc12. The molecule has 0 aliphatic carbocycles. The Hall–Kier alpha value is -2.18. The van der Waals surface area contributed by atoms with Crippen LogP contribution in [0.25, 0.3) is 21.9 Å². The first-order chi connectivity index (χ1) is 10.8. The lowest BCUT2D eigenvalue weighted by atomic mass is 10.1. The van der Waals surface area contributed by atoms with Crippen LogP contribution in [0.4, 0.5) is 0 Å². The number of rotatable bonds is 4. The molecule has 0 aliphatic rings. The van der Waals surface area contributed by atoms with E-state index in [1.807, 2.05) is 0 Å². The fourth-order valence-corrected chi connectivity index (χ4v) is 2.25. The Kier molecular flexibility index (Phi) is 3.74. The molecular formula is C16H15ClO6. The third kappa shape index (κ3) is 2.75. The first kappa shape index (κ1) is 15.7. The molecule has 1 unspecified atom stereocenters. The molecule has 0 saturated heterocycles. The first-order valence-corrected chi connectivity index (χ1v) is 7.32. The summed E-state index contributed by atoms with van der Waals surface area (Å²) < 4.78 is 16.1. The van der Waals surface area contributed by atoms with Crippen molar-refractivity contribution >= 4 is 33.5 Å². The molecule has 6 nitrogen and oxygen atoms in total. The minimum Gasteiger partial charge on any atom is -0.506 e. The predicted molar refractivity (Wildman–Crippen MR) is 85.4 cm³/mol. The summed E-state index contributed by atoms with van der Waals surface area (Å²) in [6.07, 6.45) is 0.421. The minimum atomic E-state index is -0.964. The van der Waals surface area contributed by atoms with Gasteiger partial charge in [0, 0.05) is 6.07 Å². The Labute approximate surface area is 135 Å². The van der Waals surface area contributed by atoms with Gasteiger partial charge in [-0.05, 0) is 26.0 Å². The van der Waals surface area contributed by atoms with Crippen LogP contribution in [0.2, 0.25) is 0 Å². The second kappa shape index (κ2) is 5.47. The van der Waals surface area contributed by atoms with Gasteiger partial charge in [-0.1, -0.05) is 0 Å². The van der Waals surface area contributed by atoms with E-state index in [9.17, 15) is 15.0 Å². The number of fused-ring (bicyclic) bond motifs is 2. The van der Waals surface area contributed by atoms with Gasteiger partial charge in [0.25, 0.3) is 0 Å². The number of halogens is 1. The van der Waals surface area contributed by atoms with Gasteiger partial charge in [-0.3, -0.25) is 0 Å². The molecule has 2 heterocycles. The summed E-state index contributed by atoms with van der Waals surface area (Å²) in [6, 6.07) is 4.22. The van der Waals surface area contributed by atoms with E-state index in [-0.39, 0.29) is 29.3 Å². The molecule has 122 valence electrons. The minimum absolute atomic E-state index is 0.0528. The maximum Gasteiger partial charge on any atom is 0.336 e. The monoisotopic (exact) mass is 338 g/mol. The Morgan fingerprint density at radius 1 is 1.26 bits per heavy atom. The molecule has 2 N–H and O–H groups in total. The number of aliphatic hydroxyl groups is 1. The molecule has 1 atom stereocenters. The number of hydrogen-bond acceptors (Lipinski definition) is 6. The van der Waals surface area contributed by atoms with E-state index in [0.717, 1.165) is 0 Å². The van der Waals surface area contributed by atoms with Gasteiger partial charge in [0.1, 0.15) is 18.5 Å². The average molecular weight is 339 g/mol. The van der Waals surface area contributed by atoms with Gasteiger partial charge >= 0.3 is 5.63 Å². The Morgan fingerprint density at radius 2 is 1.96 bits per heavy atom. The lowest BCUT2D eigenvalue weighted by molar-refractivity contribution is 0.0811. The highest BCUT2D eigenvalue weighted by molar-refractivity contribution is 6.23. The van der Waals surface area contributed by atoms with Gasteiger partial charge in [-0.25, -0.2) is 4.79 Å². The number of phenols is 1. The molecule has 0 aliphatic heterocycles. The summed E-state index contributed by atoms with van der Waals surface area (Å²) in [5.74, 6) is 0.0635. The van der Waals surface area contributed by atoms with Crippen molar-refractivity contribution in [3.8, 4) is 11.5 Å². The molecule has 0 saturated carbocycles. The number of benzene rings is 1. The van der Waals surface area contributed by atoms with E-state index in [0.29, 0.717) is 10.8 Å². The average Bonchev–Trinajstić information content (AvgIpc) is 2.95. The summed E-state index contributed by atoms with van der Waals surface area (Å²) >= 11 is 6.05. The van der Waals surface area contributed by atoms with E-state index < -0.39 is 16.6 Å². The van der Waals surface area contributed by atoms with Gasteiger partial charge in [0.05, 0.1) is 21.9 Å². The molecule has 0 fully saturated rings. The molecule has 0 radical (unpaired) electrons. The lowest BCUT2D eigenvalue weighted by Crippen LogP contribution is -2.35. The van der Waals surface area contributed by atoms with Crippen LogP contribution in [0.1, 0.15) is 13.8 Å². The molecule has 2 aromatic heterocycles. The highest BCUT2D eigenvalue weighted by atomic mass is 35.5. The lowest BCUT2D eigenvalue weighted by Gasteiger charge is -2.23. The van der Waals surface area contributed by atoms with Crippen LogP contribution >= 0.6 is 11.6 Å². The van der Waals surface area contributed by atoms with E-state index in [1.54, 1.807) is 19.9 Å². The van der Waals surface area contributed by atoms with Crippen molar-refractivity contribution in [3.63, 3.8) is 0 Å². The summed E-state index contributed by atoms with van der Waals surface area (Å²) in [4.78, 5) is 10.6. The van der Waals surface area contributed by atoms with Crippen molar-refractivity contribution in [1.82, 2.24) is 0 Å². The Bertz CT molecular complexity index is 918. The molecule has 0 spiro atoms. The highest BCUT2D eigenvalue weighted by Gasteiger charge is 2.27. The third-order valence-corrected chi connectivity index (χ3v) is 3.85. The predicted octanol–water partition coefficient (Wildman–Crippen LogP) is 3.00. The molecule has 0 bridgehead atoms. The summed E-state index contributed by atoms with van der Waals surface area (Å²) in [6.45, 7) is 3.17. The van der Waals surface area contributed by atoms with Crippen LogP contribution < -0.4 is 10.4 Å². The van der Waals surface area contributed by atoms with Crippen molar-refractivity contribution in [2.75, 3.05) is 6.61 Å². The van der Waals surface area contributed by atoms with Crippen LogP contribution in [0.15, 0.2) is 38.1 Å². The number of aromatic hydroxyl groups is 1. The standard InChI is InChI=1S/C16H15ClO6/c1-16(2,17)10(18)7-22-15-13-9(5-6-21-13)12(20)8-3-4-11(19)23-14(8)15/h3-6,10,18,20H,7H2,1-2H3. The zero-order valence-electron chi connectivity index (χ0n) is 12.5. The van der Waals surface area contributed by atoms with Crippen LogP contribution in [-0.2, 0) is 0 Å². The quantitative estimate of drug-likeness (QED) is 0.561. The number of ether oxygens (including phenoxy) is 1. The summed E-state index contributed by atoms with van der Waals surface area (Å²) in [7, 11) is 0. The zero-order chi connectivity index (χ0) is 16.8. The number of hydrogen-bond donors (Lipinski definition) is 2. The normalized spacial score (nSPS) is 13.6. The van der Waals surface area contributed by atoms with Gasteiger partial charge < -0.3 is 23.8 Å². The molecule has 23 heavy (non-hydrogen) atoms. The third-order valence-electron chi connectivity index (χ3n) is 3.60. The smallest absolute Gasteiger partial charge is 0.336 e. The van der Waals surface area contributed by atoms with Gasteiger partial charge in [0.15, 0.2) is 11.2 Å². The zero-order valence-corrected chi connectivity index (χ0v) is 13.3. The van der Waals surface area contributed by atoms with Crippen molar-refractivity contribution in [1.29, 1.82) is 0 Å². The number of furan rings is 1. The first-order valence-electron chi connectivity index (χ1n) is 6.95. The largest absolute Gasteiger partial charge is 0.506 e. The number of alkyl halides is 1. The fourth-order valence-electron chi connectivity index (χ4n) is 2.18. The van der Waals surface area contributed by atoms with Crippen molar-refractivity contribution in [2.45, 2.75) is 24.8 Å². The molecule has 3 rings (SSSR count). The Morgan fingerprint density at radius 3 is 2.65 bits per heavy atom. The van der Waals surface area contributed by atoms with E-state index in [4.69, 9.17) is 25.2 Å². The molecule has 0 amide bonds. The van der Waals surface area contributed by atoms with Gasteiger partial charge in [-0.15, -0.1) is 11.6 Å². The Balaban J connectivity index is 2.16. The van der Waals surface area contributed by atoms with Crippen molar-refractivity contribution in [2.24, 2.45) is 0 Å². The van der Waals surface area contributed by atoms with Crippen LogP contribution in [-0.4, -0.2) is 27.8 Å². The van der Waals surface area contributed by atoms with Gasteiger partial charge in [0.2, 0.25) is 5.75 Å². The number of phenolic OH excluding ortho intramolecular Hbond substituents is 1. The molecule has 3 aromatic rings. The fraction of sp³-hybridized carbons (Fsp3) is 0.312. The van der Waals surface area contributed by atoms with Crippen LogP contribution in [0, 0.1) is 0 Å². The van der Waals surface area contributed by atoms with Gasteiger partial charge in [-0.2, -0.15) is 0 Å². The molecule has 7 heteroatoms. The summed E-state index contributed by atoms with van der Waals surface area (Å²) in [5.41, 5.74) is -0.313. The molecular weight excluding hydrogens is 324 g/mol. The van der Waals surface area contributed by atoms with Crippen molar-refractivity contribution < 1.29 is 23.8 Å². The maximum absolute atomic E-state index is 11.5. The second-order valence-corrected chi connectivity index (χ2v) is 6.70. The summed E-state index contributed by atoms with van der Waals surface area (Å²) in [5, 5.41) is 21.0. The molecule has 1 aromatic carbocycles. The van der Waals surface area contributed by atoms with Crippen LogP contribution in [0.3, 0.4) is 0 Å². The second-order valence-electron chi connectivity index (χ2n) is 5.73. The number of aliphatic hydroxyl groups excluding tert-OH is 1. The highest BCUT2D eigenvalue weighted by Crippen LogP contribution is 2.42. The topological polar surface area (TPSA) is 93.0 Å². The van der Waals surface area contributed by atoms with Crippen LogP contribution in [0.5, 0.6) is 11.5 Å². The van der Waals surface area contributed by atoms with E-state index >= 15 is 0 Å². The van der Waals surface area contributed by atoms with Crippen molar-refractivity contribution in [3.05, 3.63) is 34.9 Å². The van der Waals surface area contributed by atoms with E-state index in [2.05, 4.69) is 0 Å².